The predicted molar refractivity (Wildman–Crippen MR) is 141 cm³/mol. The van der Waals surface area contributed by atoms with E-state index >= 15 is 0 Å². The first-order valence-electron chi connectivity index (χ1n) is 11.3. The average Bonchev–Trinajstić information content (AvgIpc) is 2.82. The summed E-state index contributed by atoms with van der Waals surface area (Å²) < 4.78 is 55.3. The van der Waals surface area contributed by atoms with Crippen LogP contribution in [0.2, 0.25) is 0 Å². The molecule has 0 saturated heterocycles. The number of hydrogen-bond donors (Lipinski definition) is 1. The lowest BCUT2D eigenvalue weighted by atomic mass is 10.1. The van der Waals surface area contributed by atoms with Gasteiger partial charge in [0.1, 0.15) is 5.75 Å². The van der Waals surface area contributed by atoms with Crippen molar-refractivity contribution in [3.8, 4) is 5.75 Å². The lowest BCUT2D eigenvalue weighted by Gasteiger charge is -2.24. The molecule has 0 aromatic heterocycles. The normalized spacial score (nSPS) is 12.6. The highest BCUT2D eigenvalue weighted by molar-refractivity contribution is 7.92. The molecule has 8 nitrogen and oxygen atoms in total. The second kappa shape index (κ2) is 11.1. The zero-order valence-corrected chi connectivity index (χ0v) is 22.3. The van der Waals surface area contributed by atoms with Crippen molar-refractivity contribution in [1.29, 1.82) is 0 Å². The van der Waals surface area contributed by atoms with Gasteiger partial charge in [0.05, 0.1) is 36.0 Å². The molecular weight excluding hydrogens is 500 g/mol. The Kier molecular flexibility index (Phi) is 8.42. The molecule has 0 saturated carbocycles. The van der Waals surface area contributed by atoms with Crippen molar-refractivity contribution >= 4 is 31.5 Å². The van der Waals surface area contributed by atoms with E-state index in [1.54, 1.807) is 60.7 Å². The second-order valence-corrected chi connectivity index (χ2v) is 12.3. The molecule has 3 rings (SSSR count). The van der Waals surface area contributed by atoms with Crippen molar-refractivity contribution in [3.05, 3.63) is 89.5 Å². The van der Waals surface area contributed by atoms with Gasteiger partial charge in [-0.15, -0.1) is 0 Å². The van der Waals surface area contributed by atoms with Crippen molar-refractivity contribution in [2.45, 2.75) is 31.3 Å². The molecule has 0 aliphatic rings. The van der Waals surface area contributed by atoms with Crippen LogP contribution in [0.25, 0.3) is 0 Å². The summed E-state index contributed by atoms with van der Waals surface area (Å²) in [7, 11) is -6.90. The number of anilines is 1. The number of nitrogens with zero attached hydrogens (tertiary/aromatic N) is 1. The van der Waals surface area contributed by atoms with Crippen LogP contribution in [0, 0.1) is 0 Å². The average molecular weight is 531 g/mol. The second-order valence-electron chi connectivity index (χ2n) is 8.40. The number of carbonyl (C=O) groups is 1. The Labute approximate surface area is 212 Å². The first-order valence-corrected chi connectivity index (χ1v) is 15.0. The molecule has 192 valence electrons. The zero-order chi connectivity index (χ0) is 26.5. The Bertz CT molecular complexity index is 1420. The third-order valence-corrected chi connectivity index (χ3v) is 7.79. The van der Waals surface area contributed by atoms with Gasteiger partial charge in [0, 0.05) is 11.8 Å². The minimum Gasteiger partial charge on any atom is -0.492 e. The van der Waals surface area contributed by atoms with Crippen LogP contribution in [0.4, 0.5) is 5.69 Å². The lowest BCUT2D eigenvalue weighted by Crippen LogP contribution is -2.30. The summed E-state index contributed by atoms with van der Waals surface area (Å²) in [5.41, 5.74) is 2.33. The monoisotopic (exact) mass is 530 g/mol. The van der Waals surface area contributed by atoms with Gasteiger partial charge in [-0.05, 0) is 61.4 Å². The predicted octanol–water partition coefficient (Wildman–Crippen LogP) is 3.95. The molecule has 0 aliphatic heterocycles. The topological polar surface area (TPSA) is 110 Å². The summed E-state index contributed by atoms with van der Waals surface area (Å²) >= 11 is 0. The molecule has 3 aromatic carbocycles. The standard InChI is InChI=1S/C26H30N2O6S2/c1-5-34-25-9-7-6-8-24(25)28(36(4,32)33)18-20-10-12-22(13-11-20)26(29)27-19(2)21-14-16-23(17-15-21)35(3,30)31/h6-17,19H,5,18H2,1-4H3,(H,27,29)/t19-/m0/s1. The number of amides is 1. The highest BCUT2D eigenvalue weighted by Gasteiger charge is 2.22. The van der Waals surface area contributed by atoms with Crippen molar-refractivity contribution in [1.82, 2.24) is 5.32 Å². The molecule has 0 spiro atoms. The maximum atomic E-state index is 12.8. The maximum Gasteiger partial charge on any atom is 0.251 e. The van der Waals surface area contributed by atoms with Crippen molar-refractivity contribution in [2.24, 2.45) is 0 Å². The summed E-state index contributed by atoms with van der Waals surface area (Å²) in [5, 5.41) is 2.89. The van der Waals surface area contributed by atoms with Gasteiger partial charge in [-0.2, -0.15) is 0 Å². The summed E-state index contributed by atoms with van der Waals surface area (Å²) in [4.78, 5) is 13.0. The summed E-state index contributed by atoms with van der Waals surface area (Å²) in [5.74, 6) is 0.169. The number of carbonyl (C=O) groups excluding carboxylic acids is 1. The number of rotatable bonds is 10. The van der Waals surface area contributed by atoms with Crippen LogP contribution in [0.3, 0.4) is 0 Å². The van der Waals surface area contributed by atoms with Gasteiger partial charge in [0.25, 0.3) is 5.91 Å². The van der Waals surface area contributed by atoms with Crippen molar-refractivity contribution in [2.75, 3.05) is 23.4 Å². The lowest BCUT2D eigenvalue weighted by molar-refractivity contribution is 0.0940. The highest BCUT2D eigenvalue weighted by Crippen LogP contribution is 2.31. The Morgan fingerprint density at radius 3 is 2.08 bits per heavy atom. The van der Waals surface area contributed by atoms with Crippen LogP contribution in [-0.4, -0.2) is 41.9 Å². The molecule has 0 radical (unpaired) electrons. The minimum absolute atomic E-state index is 0.0773. The third-order valence-electron chi connectivity index (χ3n) is 5.53. The van der Waals surface area contributed by atoms with E-state index in [2.05, 4.69) is 5.32 Å². The van der Waals surface area contributed by atoms with Gasteiger partial charge in [-0.25, -0.2) is 16.8 Å². The molecule has 0 unspecified atom stereocenters. The Morgan fingerprint density at radius 1 is 0.917 bits per heavy atom. The van der Waals surface area contributed by atoms with Gasteiger partial charge in [0.2, 0.25) is 10.0 Å². The Hall–Kier alpha value is -3.37. The molecule has 1 N–H and O–H groups in total. The number of hydrogen-bond acceptors (Lipinski definition) is 6. The van der Waals surface area contributed by atoms with Crippen LogP contribution >= 0.6 is 0 Å². The van der Waals surface area contributed by atoms with Crippen LogP contribution < -0.4 is 14.4 Å². The molecule has 0 bridgehead atoms. The zero-order valence-electron chi connectivity index (χ0n) is 20.6. The van der Waals surface area contributed by atoms with E-state index in [0.29, 0.717) is 29.2 Å². The molecule has 1 atom stereocenters. The van der Waals surface area contributed by atoms with E-state index in [1.807, 2.05) is 13.8 Å². The van der Waals surface area contributed by atoms with Crippen LogP contribution in [0.1, 0.15) is 41.4 Å². The molecule has 3 aromatic rings. The van der Waals surface area contributed by atoms with Gasteiger partial charge in [0.15, 0.2) is 9.84 Å². The number of sulfonamides is 1. The van der Waals surface area contributed by atoms with Gasteiger partial charge in [-0.1, -0.05) is 36.4 Å². The van der Waals surface area contributed by atoms with Crippen molar-refractivity contribution in [3.63, 3.8) is 0 Å². The number of nitrogens with one attached hydrogen (secondary N) is 1. The maximum absolute atomic E-state index is 12.8. The third kappa shape index (κ3) is 6.86. The summed E-state index contributed by atoms with van der Waals surface area (Å²) in [6.45, 7) is 4.12. The number of ether oxygens (including phenoxy) is 1. The minimum atomic E-state index is -3.61. The fourth-order valence-corrected chi connectivity index (χ4v) is 5.14. The van der Waals surface area contributed by atoms with Gasteiger partial charge in [-0.3, -0.25) is 9.10 Å². The SMILES string of the molecule is CCOc1ccccc1N(Cc1ccc(C(=O)N[C@@H](C)c2ccc(S(C)(=O)=O)cc2)cc1)S(C)(=O)=O. The fraction of sp³-hybridized carbons (Fsp3) is 0.269. The van der Waals surface area contributed by atoms with Crippen molar-refractivity contribution < 1.29 is 26.4 Å². The Balaban J connectivity index is 1.74. The van der Waals surface area contributed by atoms with E-state index in [4.69, 9.17) is 4.74 Å². The summed E-state index contributed by atoms with van der Waals surface area (Å²) in [6, 6.07) is 19.7. The molecule has 0 heterocycles. The van der Waals surface area contributed by atoms with E-state index in [-0.39, 0.29) is 23.4 Å². The van der Waals surface area contributed by atoms with E-state index in [0.717, 1.165) is 18.1 Å². The Morgan fingerprint density at radius 2 is 1.53 bits per heavy atom. The first-order chi connectivity index (χ1) is 16.9. The van der Waals surface area contributed by atoms with Crippen LogP contribution in [0.15, 0.2) is 77.7 Å². The number of para-hydroxylation sites is 2. The first kappa shape index (κ1) is 27.2. The van der Waals surface area contributed by atoms with E-state index < -0.39 is 19.9 Å². The quantitative estimate of drug-likeness (QED) is 0.425. The number of benzene rings is 3. The van der Waals surface area contributed by atoms with Gasteiger partial charge < -0.3 is 10.1 Å². The van der Waals surface area contributed by atoms with Gasteiger partial charge >= 0.3 is 0 Å². The molecule has 0 fully saturated rings. The molecule has 36 heavy (non-hydrogen) atoms. The molecule has 1 amide bonds. The molecule has 0 aliphatic carbocycles. The van der Waals surface area contributed by atoms with Crippen LogP contribution in [-0.2, 0) is 26.4 Å². The van der Waals surface area contributed by atoms with Crippen LogP contribution in [0.5, 0.6) is 5.75 Å². The largest absolute Gasteiger partial charge is 0.492 e. The fourth-order valence-electron chi connectivity index (χ4n) is 3.62. The molecule has 10 heteroatoms. The number of sulfone groups is 1. The van der Waals surface area contributed by atoms with E-state index in [1.165, 1.54) is 16.4 Å². The van der Waals surface area contributed by atoms with E-state index in [9.17, 15) is 21.6 Å². The summed E-state index contributed by atoms with van der Waals surface area (Å²) in [6.07, 6.45) is 2.28. The molecular formula is C26H30N2O6S2. The highest BCUT2D eigenvalue weighted by atomic mass is 32.2. The smallest absolute Gasteiger partial charge is 0.251 e.